The Morgan fingerprint density at radius 2 is 2.00 bits per heavy atom. The van der Waals surface area contributed by atoms with Gasteiger partial charge in [0.25, 0.3) is 5.91 Å². The van der Waals surface area contributed by atoms with Gasteiger partial charge in [0.05, 0.1) is 6.54 Å². The van der Waals surface area contributed by atoms with E-state index in [0.717, 1.165) is 5.56 Å². The summed E-state index contributed by atoms with van der Waals surface area (Å²) in [6, 6.07) is 5.54. The molecular formula is C12H15N3O3. The fraction of sp³-hybridized carbons (Fsp3) is 0.250. The van der Waals surface area contributed by atoms with Gasteiger partial charge < -0.3 is 16.2 Å². The second kappa shape index (κ2) is 6.51. The lowest BCUT2D eigenvalue weighted by Gasteiger charge is -2.14. The molecule has 0 radical (unpaired) electrons. The zero-order valence-electron chi connectivity index (χ0n) is 9.80. The predicted octanol–water partition coefficient (Wildman–Crippen LogP) is -0.395. The molecule has 1 aromatic rings. The molecule has 1 unspecified atom stereocenters. The standard InChI is InChI=1S/C12H15N3O3/c1-14-12(18)10(15-11(17)7-13)6-8-2-4-9(16)5-3-8/h2-5,10,16H,1,6-7,13H2,(H,15,17). The van der Waals surface area contributed by atoms with Crippen molar-refractivity contribution < 1.29 is 14.7 Å². The lowest BCUT2D eigenvalue weighted by Crippen LogP contribution is -2.44. The number of nitrogens with zero attached hydrogens (tertiary/aromatic N) is 1. The monoisotopic (exact) mass is 249 g/mol. The molecule has 2 amide bonds. The van der Waals surface area contributed by atoms with Crippen LogP contribution in [-0.4, -0.2) is 36.2 Å². The van der Waals surface area contributed by atoms with Crippen molar-refractivity contribution in [1.29, 1.82) is 0 Å². The minimum Gasteiger partial charge on any atom is -0.508 e. The highest BCUT2D eigenvalue weighted by Crippen LogP contribution is 2.11. The molecule has 0 bridgehead atoms. The van der Waals surface area contributed by atoms with Gasteiger partial charge >= 0.3 is 0 Å². The summed E-state index contributed by atoms with van der Waals surface area (Å²) in [5.74, 6) is -0.824. The van der Waals surface area contributed by atoms with Gasteiger partial charge in [-0.05, 0) is 24.4 Å². The Kier molecular flexibility index (Phi) is 5.01. The number of carbonyl (C=O) groups excluding carboxylic acids is 2. The molecule has 6 nitrogen and oxygen atoms in total. The van der Waals surface area contributed by atoms with Crippen molar-refractivity contribution >= 4 is 18.5 Å². The summed E-state index contributed by atoms with van der Waals surface area (Å²) in [6.07, 6.45) is 0.268. The van der Waals surface area contributed by atoms with E-state index in [-0.39, 0.29) is 18.7 Å². The average molecular weight is 249 g/mol. The smallest absolute Gasteiger partial charge is 0.267 e. The summed E-state index contributed by atoms with van der Waals surface area (Å²) in [5, 5.41) is 11.6. The molecular weight excluding hydrogens is 234 g/mol. The summed E-state index contributed by atoms with van der Waals surface area (Å²) in [4.78, 5) is 26.0. The lowest BCUT2D eigenvalue weighted by atomic mass is 10.1. The number of aromatic hydroxyl groups is 1. The lowest BCUT2D eigenvalue weighted by molar-refractivity contribution is -0.126. The Morgan fingerprint density at radius 1 is 1.39 bits per heavy atom. The fourth-order valence-corrected chi connectivity index (χ4v) is 1.43. The third kappa shape index (κ3) is 3.99. The van der Waals surface area contributed by atoms with E-state index in [1.165, 1.54) is 12.1 Å². The number of aliphatic imine (C=N–C) groups is 1. The largest absolute Gasteiger partial charge is 0.508 e. The highest BCUT2D eigenvalue weighted by Gasteiger charge is 2.19. The van der Waals surface area contributed by atoms with Gasteiger partial charge in [0.15, 0.2) is 0 Å². The van der Waals surface area contributed by atoms with Crippen molar-refractivity contribution in [3.05, 3.63) is 29.8 Å². The molecule has 1 aromatic carbocycles. The zero-order chi connectivity index (χ0) is 13.5. The van der Waals surface area contributed by atoms with Crippen LogP contribution in [0.15, 0.2) is 29.3 Å². The molecule has 0 aliphatic rings. The maximum Gasteiger partial charge on any atom is 0.267 e. The van der Waals surface area contributed by atoms with Crippen LogP contribution in [-0.2, 0) is 16.0 Å². The van der Waals surface area contributed by atoms with Crippen molar-refractivity contribution in [3.63, 3.8) is 0 Å². The van der Waals surface area contributed by atoms with E-state index in [9.17, 15) is 9.59 Å². The van der Waals surface area contributed by atoms with Crippen LogP contribution in [0.1, 0.15) is 5.56 Å². The molecule has 0 saturated heterocycles. The summed E-state index contributed by atoms with van der Waals surface area (Å²) in [7, 11) is 0. The highest BCUT2D eigenvalue weighted by atomic mass is 16.3. The number of nitrogens with one attached hydrogen (secondary N) is 1. The first-order valence-corrected chi connectivity index (χ1v) is 5.34. The van der Waals surface area contributed by atoms with Crippen LogP contribution in [0.3, 0.4) is 0 Å². The van der Waals surface area contributed by atoms with Gasteiger partial charge in [0.1, 0.15) is 11.8 Å². The number of phenolic OH excluding ortho intramolecular Hbond substituents is 1. The first-order valence-electron chi connectivity index (χ1n) is 5.34. The average Bonchev–Trinajstić information content (AvgIpc) is 2.39. The Bertz CT molecular complexity index is 442. The van der Waals surface area contributed by atoms with Crippen LogP contribution in [0.5, 0.6) is 5.75 Å². The molecule has 0 spiro atoms. The van der Waals surface area contributed by atoms with Crippen LogP contribution in [0.25, 0.3) is 0 Å². The number of nitrogens with two attached hydrogens (primary N) is 1. The summed E-state index contributed by atoms with van der Waals surface area (Å²) >= 11 is 0. The van der Waals surface area contributed by atoms with Gasteiger partial charge in [-0.2, -0.15) is 0 Å². The van der Waals surface area contributed by atoms with Gasteiger partial charge in [-0.3, -0.25) is 9.59 Å². The van der Waals surface area contributed by atoms with E-state index >= 15 is 0 Å². The van der Waals surface area contributed by atoms with Gasteiger partial charge in [0.2, 0.25) is 5.91 Å². The second-order valence-electron chi connectivity index (χ2n) is 3.69. The minimum atomic E-state index is -0.789. The maximum atomic E-state index is 11.5. The number of carbonyl (C=O) groups is 2. The number of benzene rings is 1. The number of hydrogen-bond acceptors (Lipinski definition) is 4. The Labute approximate surface area is 105 Å². The number of hydrogen-bond donors (Lipinski definition) is 3. The molecule has 0 aliphatic carbocycles. The molecule has 1 rings (SSSR count). The first-order chi connectivity index (χ1) is 8.56. The zero-order valence-corrected chi connectivity index (χ0v) is 9.80. The summed E-state index contributed by atoms with van der Waals surface area (Å²) < 4.78 is 0. The third-order valence-electron chi connectivity index (χ3n) is 2.35. The third-order valence-corrected chi connectivity index (χ3v) is 2.35. The van der Waals surface area contributed by atoms with E-state index in [0.29, 0.717) is 0 Å². The SMILES string of the molecule is C=NC(=O)C(Cc1ccc(O)cc1)NC(=O)CN. The van der Waals surface area contributed by atoms with Crippen LogP contribution < -0.4 is 11.1 Å². The molecule has 0 heterocycles. The van der Waals surface area contributed by atoms with Crippen molar-refractivity contribution in [1.82, 2.24) is 5.32 Å². The van der Waals surface area contributed by atoms with Gasteiger partial charge in [-0.25, -0.2) is 4.99 Å². The quantitative estimate of drug-likeness (QED) is 0.618. The van der Waals surface area contributed by atoms with E-state index in [1.807, 2.05) is 0 Å². The molecule has 0 aliphatic heterocycles. The Morgan fingerprint density at radius 3 is 2.50 bits per heavy atom. The van der Waals surface area contributed by atoms with Crippen molar-refractivity contribution in [3.8, 4) is 5.75 Å². The number of amides is 2. The van der Waals surface area contributed by atoms with E-state index < -0.39 is 17.9 Å². The van der Waals surface area contributed by atoms with Crippen LogP contribution >= 0.6 is 0 Å². The second-order valence-corrected chi connectivity index (χ2v) is 3.69. The van der Waals surface area contributed by atoms with Gasteiger partial charge in [-0.15, -0.1) is 0 Å². The number of phenols is 1. The van der Waals surface area contributed by atoms with E-state index in [2.05, 4.69) is 17.0 Å². The van der Waals surface area contributed by atoms with Crippen molar-refractivity contribution in [2.45, 2.75) is 12.5 Å². The van der Waals surface area contributed by atoms with Gasteiger partial charge in [-0.1, -0.05) is 12.1 Å². The molecule has 0 aromatic heterocycles. The normalized spacial score (nSPS) is 11.6. The number of rotatable bonds is 5. The Balaban J connectivity index is 2.77. The molecule has 0 saturated carbocycles. The molecule has 1 atom stereocenters. The van der Waals surface area contributed by atoms with Crippen molar-refractivity contribution in [2.75, 3.05) is 6.54 Å². The summed E-state index contributed by atoms with van der Waals surface area (Å²) in [6.45, 7) is 2.95. The molecule has 18 heavy (non-hydrogen) atoms. The first kappa shape index (κ1) is 13.9. The van der Waals surface area contributed by atoms with E-state index in [4.69, 9.17) is 10.8 Å². The highest BCUT2D eigenvalue weighted by molar-refractivity contribution is 5.90. The molecule has 4 N–H and O–H groups in total. The van der Waals surface area contributed by atoms with Gasteiger partial charge in [0, 0.05) is 6.42 Å². The molecule has 6 heteroatoms. The fourth-order valence-electron chi connectivity index (χ4n) is 1.43. The van der Waals surface area contributed by atoms with E-state index in [1.54, 1.807) is 12.1 Å². The Hall–Kier alpha value is -2.21. The predicted molar refractivity (Wildman–Crippen MR) is 67.4 cm³/mol. The maximum absolute atomic E-state index is 11.5. The van der Waals surface area contributed by atoms with Crippen LogP contribution in [0.2, 0.25) is 0 Å². The topological polar surface area (TPSA) is 105 Å². The summed E-state index contributed by atoms with van der Waals surface area (Å²) in [5.41, 5.74) is 5.96. The minimum absolute atomic E-state index is 0.134. The van der Waals surface area contributed by atoms with Crippen molar-refractivity contribution in [2.24, 2.45) is 10.7 Å². The molecule has 96 valence electrons. The molecule has 0 fully saturated rings. The van der Waals surface area contributed by atoms with Crippen LogP contribution in [0.4, 0.5) is 0 Å². The van der Waals surface area contributed by atoms with Crippen LogP contribution in [0, 0.1) is 0 Å².